The topological polar surface area (TPSA) is 435 Å². The summed E-state index contributed by atoms with van der Waals surface area (Å²) in [5.41, 5.74) is -3.78. The fraction of sp³-hybridized carbons (Fsp3) is 0.500. The number of aryl methyl sites for hydroxylation is 4. The molecule has 2 saturated heterocycles. The molecular formula is C104H124N6O22. The van der Waals surface area contributed by atoms with Gasteiger partial charge in [-0.1, -0.05) is 93.5 Å². The lowest BCUT2D eigenvalue weighted by Gasteiger charge is -2.70. The summed E-state index contributed by atoms with van der Waals surface area (Å²) in [6.45, 7) is 40.2. The number of benzene rings is 4. The number of allylic oxidation sites excluding steroid dienone is 4. The molecule has 0 amide bonds. The minimum Gasteiger partial charge on any atom is -0.507 e. The van der Waals surface area contributed by atoms with Crippen LogP contribution in [0.25, 0.3) is 44.4 Å². The van der Waals surface area contributed by atoms with Crippen molar-refractivity contribution >= 4 is 90.6 Å². The van der Waals surface area contributed by atoms with Crippen molar-refractivity contribution in [3.63, 3.8) is 0 Å². The zero-order valence-electron chi connectivity index (χ0n) is 80.0. The number of aromatic nitrogens is 4. The van der Waals surface area contributed by atoms with Crippen molar-refractivity contribution < 1.29 is 108 Å². The number of nitrogens with one attached hydrogen (secondary N) is 4. The highest BCUT2D eigenvalue weighted by molar-refractivity contribution is 6.32. The van der Waals surface area contributed by atoms with Gasteiger partial charge in [0.25, 0.3) is 0 Å². The second-order valence-corrected chi connectivity index (χ2v) is 41.0. The Morgan fingerprint density at radius 3 is 1.17 bits per heavy atom. The van der Waals surface area contributed by atoms with Gasteiger partial charge < -0.3 is 89.9 Å². The van der Waals surface area contributed by atoms with Crippen LogP contribution in [0.3, 0.4) is 0 Å². The smallest absolute Gasteiger partial charge is 0.202 e. The SMILES string of the molecule is CCc1c(C)c2cc3[nH]c(cc4nc(cc5nc(cc1[nH]2)C(C)=C5CCC(=O)CN[C@]1(C)C(C)(C)C(C)(C)O[C@@](C)(O[C@H]2C[C@](O)(C(=O)CO)Cc5c(O)c6c(c(O)c52)C(=O)c2c(OC)cccc2C6=O)C1(C)C)C(CCC(=O)CN[C@]1(C)C(C)(C)C(C)(C)O[C@@](C)(O[C@H]2C[C@](O)(C(=O)CO)Cc5c(O)c6c(c(O)c52)C(=O)c2c(OC)cccc2C6=O)C1(C)C)=C4C)c(C)c3CC. The standard InChI is InChI=1S/C104H124N6O22/c1-25-55-49(3)63-37-64-51(5)57(35-33-53(113)45-105-99(19)93(7,8)97(15,16)131-101(21,95(99,11)12)129-73-43-103(125,75(115)47-111)41-61-79(73)91(123)83-81(87(61)119)85(117)59-29-27-31-71(127-23)77(59)89(83)121)69(109-64)40-70-58(52(6)66(110-70)39-68-56(26-2)50(4)65(108-68)38-67(55)107-63)36-34-54(114)46-106-100(20)94(9,10)98(17,18)132-102(22,96(100,13)14)130-74-44-104(126,76(116)48-112)42-62-80(74)92(124)84-82(88(62)120)86(118)60-30-28-32-72(128-24)78(60)90(84)122/h27-32,37-40,73-74,105-108,111-112,119-120,123-126H,25-26,33-36,41-48H2,1-24H3/t73-,74-,99+,100+,101+,102+,103-,104-/m0/s1. The summed E-state index contributed by atoms with van der Waals surface area (Å²) in [6.07, 6.45) is -3.84. The highest BCUT2D eigenvalue weighted by Gasteiger charge is 2.73. The maximum absolute atomic E-state index is 15.3. The van der Waals surface area contributed by atoms with Crippen LogP contribution < -0.4 is 20.1 Å². The first-order valence-electron chi connectivity index (χ1n) is 45.4. The molecule has 132 heavy (non-hydrogen) atoms. The lowest BCUT2D eigenvalue weighted by Crippen LogP contribution is -2.80. The molecule has 0 spiro atoms. The highest BCUT2D eigenvalue weighted by Crippen LogP contribution is 2.67. The molecule has 8 bridgehead atoms. The number of hydrogen-bond donors (Lipinski definition) is 12. The first-order chi connectivity index (χ1) is 61.5. The van der Waals surface area contributed by atoms with E-state index in [0.29, 0.717) is 29.2 Å². The summed E-state index contributed by atoms with van der Waals surface area (Å²) < 4.78 is 39.9. The molecular weight excluding hydrogens is 1690 g/mol. The number of nitrogens with zero attached hydrogens (tertiary/aromatic N) is 2. The van der Waals surface area contributed by atoms with Gasteiger partial charge in [0.15, 0.2) is 34.7 Å². The highest BCUT2D eigenvalue weighted by atomic mass is 16.7. The molecule has 8 aliphatic rings. The molecule has 12 N–H and O–H groups in total. The zero-order chi connectivity index (χ0) is 96.9. The number of rotatable bonds is 24. The number of phenols is 4. The number of carbonyl (C=O) groups is 8. The molecule has 15 rings (SSSR count). The van der Waals surface area contributed by atoms with E-state index in [4.69, 9.17) is 38.4 Å². The maximum Gasteiger partial charge on any atom is 0.202 e. The van der Waals surface area contributed by atoms with Crippen molar-refractivity contribution in [3.8, 4) is 34.5 Å². The van der Waals surface area contributed by atoms with Gasteiger partial charge in [-0.05, 0) is 190 Å². The van der Waals surface area contributed by atoms with Crippen LogP contribution in [-0.2, 0) is 63.8 Å². The Morgan fingerprint density at radius 2 is 0.811 bits per heavy atom. The van der Waals surface area contributed by atoms with E-state index in [9.17, 15) is 69.6 Å². The average Bonchev–Trinajstić information content (AvgIpc) is 0.846. The van der Waals surface area contributed by atoms with Crippen molar-refractivity contribution in [2.45, 2.75) is 274 Å². The molecule has 28 nitrogen and oxygen atoms in total. The van der Waals surface area contributed by atoms with E-state index in [1.165, 1.54) is 50.6 Å². The van der Waals surface area contributed by atoms with Gasteiger partial charge in [-0.3, -0.25) is 38.4 Å². The monoisotopic (exact) mass is 1810 g/mol. The summed E-state index contributed by atoms with van der Waals surface area (Å²) in [7, 11) is 2.65. The molecule has 0 saturated carbocycles. The molecule has 4 aliphatic carbocycles. The molecule has 0 unspecified atom stereocenters. The molecule has 2 fully saturated rings. The first kappa shape index (κ1) is 95.8. The van der Waals surface area contributed by atoms with Crippen LogP contribution in [0.15, 0.2) is 60.7 Å². The predicted molar refractivity (Wildman–Crippen MR) is 495 cm³/mol. The van der Waals surface area contributed by atoms with E-state index in [-0.39, 0.29) is 106 Å². The Hall–Kier alpha value is -10.8. The number of aromatic amines is 2. The number of aromatic hydroxyl groups is 4. The second kappa shape index (κ2) is 32.5. The molecule has 4 aliphatic heterocycles. The van der Waals surface area contributed by atoms with Gasteiger partial charge in [-0.2, -0.15) is 0 Å². The molecule has 4 aromatic carbocycles. The minimum absolute atomic E-state index is 0.0127. The van der Waals surface area contributed by atoms with E-state index in [2.05, 4.69) is 60.4 Å². The minimum atomic E-state index is -2.45. The summed E-state index contributed by atoms with van der Waals surface area (Å²) in [4.78, 5) is 135. The quantitative estimate of drug-likeness (QED) is 0.0250. The average molecular weight is 1810 g/mol. The largest absolute Gasteiger partial charge is 0.507 e. The predicted octanol–water partition coefficient (Wildman–Crippen LogP) is 14.9. The number of ether oxygens (including phenoxy) is 6. The van der Waals surface area contributed by atoms with Crippen LogP contribution in [0.1, 0.15) is 320 Å². The third kappa shape index (κ3) is 14.0. The van der Waals surface area contributed by atoms with E-state index in [1.807, 2.05) is 123 Å². The van der Waals surface area contributed by atoms with Crippen LogP contribution in [0.5, 0.6) is 34.5 Å². The van der Waals surface area contributed by atoms with Gasteiger partial charge in [0.1, 0.15) is 70.5 Å². The van der Waals surface area contributed by atoms with E-state index >= 15 is 9.59 Å². The second-order valence-electron chi connectivity index (χ2n) is 41.0. The number of fused-ring (bicyclic) bond motifs is 14. The Balaban J connectivity index is 0.739. The van der Waals surface area contributed by atoms with Crippen LogP contribution in [-0.4, -0.2) is 193 Å². The van der Waals surface area contributed by atoms with Crippen LogP contribution in [0, 0.1) is 35.5 Å². The van der Waals surface area contributed by atoms with Crippen molar-refractivity contribution in [2.24, 2.45) is 21.7 Å². The number of Topliss-reactive ketones (excluding diaryl/α,β-unsaturated/α-hetero) is 4. The number of aliphatic hydroxyl groups excluding tert-OH is 2. The van der Waals surface area contributed by atoms with Crippen molar-refractivity contribution in [1.82, 2.24) is 30.6 Å². The molecule has 8 atom stereocenters. The van der Waals surface area contributed by atoms with E-state index in [1.54, 1.807) is 13.8 Å². The van der Waals surface area contributed by atoms with E-state index < -0.39 is 198 Å². The van der Waals surface area contributed by atoms with Gasteiger partial charge in [0.05, 0.1) is 107 Å². The third-order valence-electron chi connectivity index (χ3n) is 33.5. The Morgan fingerprint density at radius 1 is 0.462 bits per heavy atom. The Bertz CT molecular complexity index is 6450. The maximum atomic E-state index is 15.3. The number of methoxy groups -OCH3 is 2. The van der Waals surface area contributed by atoms with Gasteiger partial charge in [0, 0.05) is 127 Å². The number of hydrogen-bond acceptors (Lipinski definition) is 26. The summed E-state index contributed by atoms with van der Waals surface area (Å²) in [6, 6.07) is 16.9. The lowest BCUT2D eigenvalue weighted by molar-refractivity contribution is -0.410. The number of phenolic OH excluding ortho intramolecular Hbond substituents is 4. The van der Waals surface area contributed by atoms with Gasteiger partial charge in [0.2, 0.25) is 11.6 Å². The molecule has 28 heteroatoms. The van der Waals surface area contributed by atoms with Crippen LogP contribution in [0.4, 0.5) is 0 Å². The van der Waals surface area contributed by atoms with E-state index in [0.717, 1.165) is 73.0 Å². The van der Waals surface area contributed by atoms with Gasteiger partial charge in [-0.15, -0.1) is 0 Å². The van der Waals surface area contributed by atoms with Gasteiger partial charge in [-0.25, -0.2) is 9.97 Å². The molecule has 7 aromatic rings. The third-order valence-corrected chi connectivity index (χ3v) is 33.5. The Kier molecular flexibility index (Phi) is 23.6. The molecule has 702 valence electrons. The van der Waals surface area contributed by atoms with Crippen molar-refractivity contribution in [3.05, 3.63) is 172 Å². The Labute approximate surface area is 767 Å². The molecule has 0 radical (unpaired) electrons. The summed E-state index contributed by atoms with van der Waals surface area (Å²) >= 11 is 0. The normalized spacial score (nSPS) is 25.7. The lowest BCUT2D eigenvalue weighted by atomic mass is 9.49. The van der Waals surface area contributed by atoms with Crippen LogP contribution in [0.2, 0.25) is 0 Å². The summed E-state index contributed by atoms with van der Waals surface area (Å²) in [5.74, 6) is -12.3. The summed E-state index contributed by atoms with van der Waals surface area (Å²) in [5, 5.41) is 103. The molecule has 7 heterocycles. The first-order valence-corrected chi connectivity index (χ1v) is 45.4. The number of ketones is 8. The zero-order valence-corrected chi connectivity index (χ0v) is 80.0. The fourth-order valence-electron chi connectivity index (χ4n) is 22.7. The van der Waals surface area contributed by atoms with Gasteiger partial charge >= 0.3 is 0 Å². The van der Waals surface area contributed by atoms with Crippen molar-refractivity contribution in [1.29, 1.82) is 0 Å². The van der Waals surface area contributed by atoms with Crippen molar-refractivity contribution in [2.75, 3.05) is 40.5 Å². The molecule has 3 aromatic heterocycles. The number of aliphatic hydroxyl groups is 4. The number of H-pyrrole nitrogens is 2. The number of carbonyl (C=O) groups excluding carboxylic acids is 8. The fourth-order valence-corrected chi connectivity index (χ4v) is 22.7. The van der Waals surface area contributed by atoms with Crippen LogP contribution >= 0.6 is 0 Å².